The zero-order chi connectivity index (χ0) is 38.3. The average Bonchev–Trinajstić information content (AvgIpc) is 4.06. The second-order valence-corrected chi connectivity index (χ2v) is 14.3. The van der Waals surface area contributed by atoms with Crippen LogP contribution in [0.5, 0.6) is 0 Å². The highest BCUT2D eigenvalue weighted by molar-refractivity contribution is 6.08. The topological polar surface area (TPSA) is 163 Å². The lowest BCUT2D eigenvalue weighted by Crippen LogP contribution is -2.42. The summed E-state index contributed by atoms with van der Waals surface area (Å²) in [5, 5.41) is 24.6. The minimum absolute atomic E-state index is 0.0675. The molecule has 2 aromatic carbocycles. The smallest absolute Gasteiger partial charge is 0.261 e. The molecule has 2 atom stereocenters. The van der Waals surface area contributed by atoms with Gasteiger partial charge in [-0.3, -0.25) is 9.59 Å². The molecule has 2 aliphatic rings. The van der Waals surface area contributed by atoms with E-state index in [1.54, 1.807) is 39.8 Å². The number of nitrogens with zero attached hydrogens (tertiary/aromatic N) is 10. The number of carbonyl (C=O) groups is 2. The van der Waals surface area contributed by atoms with E-state index in [2.05, 4.69) is 36.0 Å². The molecular weight excluding hydrogens is 718 g/mol. The zero-order valence-electron chi connectivity index (χ0n) is 30.7. The normalized spacial score (nSPS) is 17.5. The number of benzene rings is 2. The van der Waals surface area contributed by atoms with E-state index in [1.807, 2.05) is 61.3 Å². The molecule has 0 spiro atoms. The van der Waals surface area contributed by atoms with E-state index in [0.29, 0.717) is 66.7 Å². The third-order valence-corrected chi connectivity index (χ3v) is 10.6. The van der Waals surface area contributed by atoms with Crippen molar-refractivity contribution < 1.29 is 23.2 Å². The van der Waals surface area contributed by atoms with Crippen molar-refractivity contribution >= 4 is 23.1 Å². The van der Waals surface area contributed by atoms with E-state index >= 15 is 0 Å². The maximum Gasteiger partial charge on any atom is 0.261 e. The van der Waals surface area contributed by atoms with Gasteiger partial charge < -0.3 is 19.5 Å². The maximum absolute atomic E-state index is 14.3. The molecule has 7 aromatic rings. The average molecular weight is 756 g/mol. The number of nitrogens with one attached hydrogen (secondary N) is 1. The first kappa shape index (κ1) is 35.2. The molecule has 16 heteroatoms. The molecule has 1 N–H and O–H groups in total. The second-order valence-electron chi connectivity index (χ2n) is 14.3. The van der Waals surface area contributed by atoms with Gasteiger partial charge in [0.15, 0.2) is 11.4 Å². The van der Waals surface area contributed by atoms with Crippen LogP contribution in [-0.2, 0) is 16.1 Å². The van der Waals surface area contributed by atoms with Crippen molar-refractivity contribution in [3.63, 3.8) is 0 Å². The fourth-order valence-electron chi connectivity index (χ4n) is 7.67. The lowest BCUT2D eigenvalue weighted by molar-refractivity contribution is -0.138. The predicted molar refractivity (Wildman–Crippen MR) is 200 cm³/mol. The number of hydrogen-bond donors (Lipinski definition) is 1. The van der Waals surface area contributed by atoms with Crippen LogP contribution in [0.2, 0.25) is 0 Å². The molecule has 2 unspecified atom stereocenters. The summed E-state index contributed by atoms with van der Waals surface area (Å²) in [5.41, 5.74) is 6.73. The van der Waals surface area contributed by atoms with E-state index in [0.717, 1.165) is 41.1 Å². The Balaban J connectivity index is 0.779. The molecule has 9 rings (SSSR count). The Hall–Kier alpha value is -6.55. The summed E-state index contributed by atoms with van der Waals surface area (Å²) in [7, 11) is 0. The van der Waals surface area contributed by atoms with E-state index in [9.17, 15) is 14.0 Å². The lowest BCUT2D eigenvalue weighted by atomic mass is 9.90. The molecular formula is C40H38FN11O4. The Labute approximate surface area is 320 Å². The van der Waals surface area contributed by atoms with Crippen molar-refractivity contribution in [1.29, 1.82) is 0 Å². The maximum atomic E-state index is 14.3. The summed E-state index contributed by atoms with van der Waals surface area (Å²) < 4.78 is 30.9. The number of anilines is 1. The third kappa shape index (κ3) is 6.83. The van der Waals surface area contributed by atoms with Gasteiger partial charge in [-0.05, 0) is 63.4 Å². The van der Waals surface area contributed by atoms with Crippen molar-refractivity contribution in [2.45, 2.75) is 51.7 Å². The van der Waals surface area contributed by atoms with E-state index in [4.69, 9.17) is 9.26 Å². The number of hydrogen-bond acceptors (Lipinski definition) is 10. The number of likely N-dealkylation sites (tertiary alicyclic amines) is 1. The Morgan fingerprint density at radius 2 is 1.79 bits per heavy atom. The van der Waals surface area contributed by atoms with Crippen molar-refractivity contribution in [2.75, 3.05) is 25.0 Å². The zero-order valence-corrected chi connectivity index (χ0v) is 30.7. The van der Waals surface area contributed by atoms with Gasteiger partial charge in [0, 0.05) is 66.1 Å². The molecule has 0 radical (unpaired) electrons. The number of amides is 2. The summed E-state index contributed by atoms with van der Waals surface area (Å²) in [5.74, 6) is -0.103. The lowest BCUT2D eigenvalue weighted by Gasteiger charge is -2.33. The SMILES string of the molecule is Cc1cc(C)n2ncc(C(=O)Nc3ccc(-c4cn(Cc5cc(C6CCN(C(=O)C7CCOC7c7cnn(-c8ccccc8F)c7)CC6)no5)nn4)cc3)c2n1. The van der Waals surface area contributed by atoms with Gasteiger partial charge in [-0.25, -0.2) is 23.3 Å². The Bertz CT molecular complexity index is 2550. The molecule has 0 bridgehead atoms. The van der Waals surface area contributed by atoms with Gasteiger partial charge in [-0.1, -0.05) is 34.6 Å². The number of fused-ring (bicyclic) bond motifs is 1. The highest BCUT2D eigenvalue weighted by atomic mass is 19.1. The number of piperidine rings is 1. The largest absolute Gasteiger partial charge is 0.373 e. The Kier molecular flexibility index (Phi) is 9.17. The van der Waals surface area contributed by atoms with Gasteiger partial charge in [0.2, 0.25) is 5.91 Å². The second kappa shape index (κ2) is 14.6. The van der Waals surface area contributed by atoms with Gasteiger partial charge >= 0.3 is 0 Å². The third-order valence-electron chi connectivity index (χ3n) is 10.6. The first-order chi connectivity index (χ1) is 27.3. The summed E-state index contributed by atoms with van der Waals surface area (Å²) in [4.78, 5) is 33.2. The van der Waals surface area contributed by atoms with Crippen LogP contribution in [0.4, 0.5) is 10.1 Å². The number of ether oxygens (including phenoxy) is 1. The summed E-state index contributed by atoms with van der Waals surface area (Å²) in [6, 6.07) is 17.7. The number of rotatable bonds is 9. The molecule has 0 aliphatic carbocycles. The monoisotopic (exact) mass is 755 g/mol. The molecule has 56 heavy (non-hydrogen) atoms. The van der Waals surface area contributed by atoms with E-state index < -0.39 is 6.10 Å². The number of carbonyl (C=O) groups excluding carboxylic acids is 2. The molecule has 2 amide bonds. The van der Waals surface area contributed by atoms with Crippen LogP contribution in [-0.4, -0.2) is 80.9 Å². The van der Waals surface area contributed by atoms with Crippen LogP contribution in [0.25, 0.3) is 22.6 Å². The minimum atomic E-state index is -0.426. The summed E-state index contributed by atoms with van der Waals surface area (Å²) in [6.45, 7) is 5.86. The first-order valence-electron chi connectivity index (χ1n) is 18.6. The van der Waals surface area contributed by atoms with Gasteiger partial charge in [-0.2, -0.15) is 10.2 Å². The Morgan fingerprint density at radius 3 is 2.61 bits per heavy atom. The van der Waals surface area contributed by atoms with Crippen LogP contribution in [0.15, 0.2) is 90.0 Å². The van der Waals surface area contributed by atoms with E-state index in [1.165, 1.54) is 16.9 Å². The predicted octanol–water partition coefficient (Wildman–Crippen LogP) is 5.70. The molecule has 7 heterocycles. The van der Waals surface area contributed by atoms with Crippen LogP contribution in [0.1, 0.15) is 70.0 Å². The first-order valence-corrected chi connectivity index (χ1v) is 18.6. The van der Waals surface area contributed by atoms with Gasteiger partial charge in [-0.15, -0.1) is 5.10 Å². The Morgan fingerprint density at radius 1 is 0.964 bits per heavy atom. The number of para-hydroxylation sites is 1. The molecule has 284 valence electrons. The van der Waals surface area contributed by atoms with E-state index in [-0.39, 0.29) is 29.5 Å². The van der Waals surface area contributed by atoms with Gasteiger partial charge in [0.05, 0.1) is 36.3 Å². The number of halogens is 1. The van der Waals surface area contributed by atoms with Crippen molar-refractivity contribution in [1.82, 2.24) is 49.4 Å². The molecule has 5 aromatic heterocycles. The molecule has 2 aliphatic heterocycles. The quantitative estimate of drug-likeness (QED) is 0.193. The fourth-order valence-corrected chi connectivity index (χ4v) is 7.67. The standard InChI is InChI=1S/C40H38FN11O4/c1-24-17-25(2)52-38(44-24)32(20-43-52)39(53)45-29-9-7-26(8-10-29)35-23-50(48-46-35)22-30-18-34(47-56-30)27-11-14-49(15-12-27)40(54)31-13-16-55-37(31)28-19-42-51(21-28)36-6-4-3-5-33(36)41/h3-10,17-21,23,27,31,37H,11-16,22H2,1-2H3,(H,45,53). The van der Waals surface area contributed by atoms with Crippen molar-refractivity contribution in [2.24, 2.45) is 5.92 Å². The molecule has 15 nitrogen and oxygen atoms in total. The highest BCUT2D eigenvalue weighted by Crippen LogP contribution is 2.38. The van der Waals surface area contributed by atoms with Crippen LogP contribution in [0, 0.1) is 25.6 Å². The highest BCUT2D eigenvalue weighted by Gasteiger charge is 2.39. The minimum Gasteiger partial charge on any atom is -0.373 e. The number of aromatic nitrogens is 9. The summed E-state index contributed by atoms with van der Waals surface area (Å²) >= 11 is 0. The van der Waals surface area contributed by atoms with Crippen LogP contribution < -0.4 is 5.32 Å². The fraction of sp³-hybridized carbons (Fsp3) is 0.300. The van der Waals surface area contributed by atoms with Crippen LogP contribution >= 0.6 is 0 Å². The van der Waals surface area contributed by atoms with Gasteiger partial charge in [0.1, 0.15) is 29.3 Å². The molecule has 2 fully saturated rings. The summed E-state index contributed by atoms with van der Waals surface area (Å²) in [6.07, 6.45) is 8.49. The number of aryl methyl sites for hydroxylation is 2. The van der Waals surface area contributed by atoms with Crippen molar-refractivity contribution in [3.8, 4) is 16.9 Å². The van der Waals surface area contributed by atoms with Gasteiger partial charge in [0.25, 0.3) is 5.91 Å². The molecule has 0 saturated carbocycles. The van der Waals surface area contributed by atoms with Crippen LogP contribution in [0.3, 0.4) is 0 Å². The van der Waals surface area contributed by atoms with Crippen molar-refractivity contribution in [3.05, 3.63) is 125 Å². The molecule has 2 saturated heterocycles.